The van der Waals surface area contributed by atoms with Crippen LogP contribution in [0.25, 0.3) is 0 Å². The number of nitrogens with one attached hydrogen (secondary N) is 2. The van der Waals surface area contributed by atoms with Crippen LogP contribution in [0.2, 0.25) is 0 Å². The Kier molecular flexibility index (Phi) is 5.44. The van der Waals surface area contributed by atoms with E-state index in [1.54, 1.807) is 21.9 Å². The highest BCUT2D eigenvalue weighted by Crippen LogP contribution is 2.34. The van der Waals surface area contributed by atoms with Crippen molar-refractivity contribution in [2.75, 3.05) is 26.7 Å². The van der Waals surface area contributed by atoms with Gasteiger partial charge in [-0.15, -0.1) is 0 Å². The Labute approximate surface area is 153 Å². The second-order valence-electron chi connectivity index (χ2n) is 7.12. The van der Waals surface area contributed by atoms with E-state index in [2.05, 4.69) is 17.6 Å². The maximum Gasteiger partial charge on any atom is 0.317 e. The number of hydrogen-bond donors (Lipinski definition) is 2. The van der Waals surface area contributed by atoms with E-state index in [1.807, 2.05) is 19.2 Å². The third-order valence-electron chi connectivity index (χ3n) is 5.21. The minimum Gasteiger partial charge on any atom is -0.353 e. The summed E-state index contributed by atoms with van der Waals surface area (Å²) in [6, 6.07) is 7.34. The lowest BCUT2D eigenvalue weighted by Gasteiger charge is -2.26. The molecule has 26 heavy (non-hydrogen) atoms. The fourth-order valence-corrected chi connectivity index (χ4v) is 3.14. The van der Waals surface area contributed by atoms with E-state index in [0.29, 0.717) is 31.1 Å². The van der Waals surface area contributed by atoms with Crippen molar-refractivity contribution in [1.29, 1.82) is 0 Å². The molecular formula is C19H26N4O3. The number of piperazine rings is 1. The number of urea groups is 1. The number of nitrogens with zero attached hydrogens (tertiary/aromatic N) is 2. The van der Waals surface area contributed by atoms with E-state index < -0.39 is 0 Å². The first kappa shape index (κ1) is 18.2. The molecule has 7 heteroatoms. The van der Waals surface area contributed by atoms with Gasteiger partial charge in [0.2, 0.25) is 5.91 Å². The first-order chi connectivity index (χ1) is 12.5. The lowest BCUT2D eigenvalue weighted by Crippen LogP contribution is -2.49. The minimum atomic E-state index is -0.145. The van der Waals surface area contributed by atoms with Crippen LogP contribution in [0.5, 0.6) is 0 Å². The molecule has 0 bridgehead atoms. The smallest absolute Gasteiger partial charge is 0.317 e. The Morgan fingerprint density at radius 3 is 2.62 bits per heavy atom. The molecule has 1 saturated carbocycles. The van der Waals surface area contributed by atoms with Crippen molar-refractivity contribution in [3.05, 3.63) is 35.4 Å². The molecule has 1 aliphatic carbocycles. The van der Waals surface area contributed by atoms with Crippen molar-refractivity contribution in [1.82, 2.24) is 20.4 Å². The van der Waals surface area contributed by atoms with Gasteiger partial charge in [0.1, 0.15) is 0 Å². The maximum atomic E-state index is 12.4. The Hall–Kier alpha value is -2.57. The Morgan fingerprint density at radius 1 is 1.31 bits per heavy atom. The first-order valence-corrected chi connectivity index (χ1v) is 9.11. The predicted molar refractivity (Wildman–Crippen MR) is 97.5 cm³/mol. The minimum absolute atomic E-state index is 0.0797. The molecule has 1 unspecified atom stereocenters. The summed E-state index contributed by atoms with van der Waals surface area (Å²) in [5.74, 6) is 0.356. The summed E-state index contributed by atoms with van der Waals surface area (Å²) >= 11 is 0. The molecule has 1 saturated heterocycles. The molecule has 3 rings (SSSR count). The lowest BCUT2D eigenvalue weighted by atomic mass is 10.1. The molecule has 2 N–H and O–H groups in total. The molecular weight excluding hydrogens is 332 g/mol. The highest BCUT2D eigenvalue weighted by Gasteiger charge is 2.32. The summed E-state index contributed by atoms with van der Waals surface area (Å²) in [5.41, 5.74) is 1.48. The fraction of sp³-hybridized carbons (Fsp3) is 0.526. The maximum absolute atomic E-state index is 12.4. The van der Waals surface area contributed by atoms with Crippen LogP contribution >= 0.6 is 0 Å². The highest BCUT2D eigenvalue weighted by molar-refractivity contribution is 5.97. The van der Waals surface area contributed by atoms with E-state index in [0.717, 1.165) is 5.56 Å². The van der Waals surface area contributed by atoms with Crippen LogP contribution in [0.4, 0.5) is 4.79 Å². The second kappa shape index (κ2) is 7.76. The van der Waals surface area contributed by atoms with Gasteiger partial charge >= 0.3 is 6.03 Å². The number of hydrogen-bond acceptors (Lipinski definition) is 3. The Morgan fingerprint density at radius 2 is 2.00 bits per heavy atom. The normalized spacial score (nSPS) is 18.1. The number of amides is 4. The molecule has 1 aromatic rings. The molecule has 2 aliphatic rings. The number of carbonyl (C=O) groups is 3. The van der Waals surface area contributed by atoms with E-state index in [9.17, 15) is 14.4 Å². The van der Waals surface area contributed by atoms with Crippen LogP contribution in [0.3, 0.4) is 0 Å². The number of benzene rings is 1. The van der Waals surface area contributed by atoms with E-state index in [1.165, 1.54) is 12.8 Å². The van der Waals surface area contributed by atoms with Crippen molar-refractivity contribution in [3.63, 3.8) is 0 Å². The summed E-state index contributed by atoms with van der Waals surface area (Å²) in [4.78, 5) is 39.4. The zero-order chi connectivity index (χ0) is 18.7. The van der Waals surface area contributed by atoms with E-state index in [4.69, 9.17) is 0 Å². The molecule has 0 aromatic heterocycles. The SMILES string of the molecule is CC(C1CC1)N(C)C(=O)NCc1ccc(C(=O)N2CCNC(=O)C2)cc1. The summed E-state index contributed by atoms with van der Waals surface area (Å²) in [6.45, 7) is 3.61. The zero-order valence-corrected chi connectivity index (χ0v) is 15.3. The summed E-state index contributed by atoms with van der Waals surface area (Å²) in [6.07, 6.45) is 2.40. The molecule has 4 amide bonds. The summed E-state index contributed by atoms with van der Waals surface area (Å²) in [5, 5.41) is 5.62. The molecule has 0 radical (unpaired) electrons. The van der Waals surface area contributed by atoms with Gasteiger partial charge in [-0.3, -0.25) is 9.59 Å². The quantitative estimate of drug-likeness (QED) is 0.830. The average molecular weight is 358 g/mol. The highest BCUT2D eigenvalue weighted by atomic mass is 16.2. The first-order valence-electron chi connectivity index (χ1n) is 9.11. The van der Waals surface area contributed by atoms with Crippen LogP contribution in [-0.4, -0.2) is 60.4 Å². The van der Waals surface area contributed by atoms with E-state index >= 15 is 0 Å². The average Bonchev–Trinajstić information content (AvgIpc) is 3.50. The molecule has 1 atom stereocenters. The number of carbonyl (C=O) groups excluding carboxylic acids is 3. The fourth-order valence-electron chi connectivity index (χ4n) is 3.14. The monoisotopic (exact) mass is 358 g/mol. The largest absolute Gasteiger partial charge is 0.353 e. The van der Waals surface area contributed by atoms with Gasteiger partial charge in [0, 0.05) is 38.3 Å². The third-order valence-corrected chi connectivity index (χ3v) is 5.21. The molecule has 140 valence electrons. The zero-order valence-electron chi connectivity index (χ0n) is 15.3. The van der Waals surface area contributed by atoms with Gasteiger partial charge in [-0.1, -0.05) is 12.1 Å². The van der Waals surface area contributed by atoms with Gasteiger partial charge in [-0.25, -0.2) is 4.79 Å². The van der Waals surface area contributed by atoms with Crippen molar-refractivity contribution < 1.29 is 14.4 Å². The summed E-state index contributed by atoms with van der Waals surface area (Å²) in [7, 11) is 1.83. The Bertz CT molecular complexity index is 685. The van der Waals surface area contributed by atoms with Crippen LogP contribution in [0, 0.1) is 5.92 Å². The van der Waals surface area contributed by atoms with Crippen molar-refractivity contribution >= 4 is 17.8 Å². The van der Waals surface area contributed by atoms with Gasteiger partial charge in [-0.05, 0) is 43.4 Å². The van der Waals surface area contributed by atoms with Gasteiger partial charge in [0.05, 0.1) is 6.54 Å². The van der Waals surface area contributed by atoms with Crippen molar-refractivity contribution in [3.8, 4) is 0 Å². The van der Waals surface area contributed by atoms with Crippen LogP contribution in [0.15, 0.2) is 24.3 Å². The van der Waals surface area contributed by atoms with Gasteiger partial charge in [0.25, 0.3) is 5.91 Å². The van der Waals surface area contributed by atoms with Gasteiger partial charge in [-0.2, -0.15) is 0 Å². The number of rotatable bonds is 5. The Balaban J connectivity index is 1.51. The molecule has 1 aliphatic heterocycles. The van der Waals surface area contributed by atoms with Gasteiger partial charge in [0.15, 0.2) is 0 Å². The molecule has 7 nitrogen and oxygen atoms in total. The van der Waals surface area contributed by atoms with Gasteiger partial charge < -0.3 is 20.4 Å². The standard InChI is InChI=1S/C19H26N4O3/c1-13(15-7-8-15)22(2)19(26)21-11-14-3-5-16(6-4-14)18(25)23-10-9-20-17(24)12-23/h3-6,13,15H,7-12H2,1-2H3,(H,20,24)(H,21,26). The topological polar surface area (TPSA) is 81.8 Å². The van der Waals surface area contributed by atoms with Crippen LogP contribution < -0.4 is 10.6 Å². The molecule has 2 fully saturated rings. The van der Waals surface area contributed by atoms with Crippen LogP contribution in [-0.2, 0) is 11.3 Å². The van der Waals surface area contributed by atoms with Crippen LogP contribution in [0.1, 0.15) is 35.7 Å². The second-order valence-corrected chi connectivity index (χ2v) is 7.12. The molecule has 0 spiro atoms. The van der Waals surface area contributed by atoms with Crippen molar-refractivity contribution in [2.24, 2.45) is 5.92 Å². The molecule has 1 aromatic carbocycles. The van der Waals surface area contributed by atoms with E-state index in [-0.39, 0.29) is 30.4 Å². The predicted octanol–water partition coefficient (Wildman–Crippen LogP) is 1.20. The third kappa shape index (κ3) is 4.33. The molecule has 1 heterocycles. The summed E-state index contributed by atoms with van der Waals surface area (Å²) < 4.78 is 0. The lowest BCUT2D eigenvalue weighted by molar-refractivity contribution is -0.123. The van der Waals surface area contributed by atoms with Crippen molar-refractivity contribution in [2.45, 2.75) is 32.4 Å².